The Bertz CT molecular complexity index is 107. The van der Waals surface area contributed by atoms with Crippen molar-refractivity contribution in [2.45, 2.75) is 19.0 Å². The number of hydrogen-bond acceptors (Lipinski definition) is 5. The first kappa shape index (κ1) is 12.8. The van der Waals surface area contributed by atoms with Crippen molar-refractivity contribution in [1.29, 1.82) is 0 Å². The zero-order valence-corrected chi connectivity index (χ0v) is 8.42. The lowest BCUT2D eigenvalue weighted by Crippen LogP contribution is -2.51. The molecule has 0 saturated heterocycles. The Kier molecular flexibility index (Phi) is 8.27. The second-order valence-corrected chi connectivity index (χ2v) is 3.20. The third-order valence-corrected chi connectivity index (χ3v) is 1.87. The van der Waals surface area contributed by atoms with Gasteiger partial charge >= 0.3 is 0 Å². The molecule has 0 saturated carbocycles. The van der Waals surface area contributed by atoms with Crippen molar-refractivity contribution in [3.63, 3.8) is 0 Å². The highest BCUT2D eigenvalue weighted by molar-refractivity contribution is 4.78. The van der Waals surface area contributed by atoms with Crippen molar-refractivity contribution < 1.29 is 0 Å². The molecule has 0 aromatic heterocycles. The van der Waals surface area contributed by atoms with Crippen LogP contribution in [-0.2, 0) is 0 Å². The molecule has 5 heteroatoms. The fourth-order valence-corrected chi connectivity index (χ4v) is 1.07. The molecule has 2 unspecified atom stereocenters. The third-order valence-electron chi connectivity index (χ3n) is 1.87. The molecule has 0 aromatic carbocycles. The fourth-order valence-electron chi connectivity index (χ4n) is 1.07. The van der Waals surface area contributed by atoms with Crippen molar-refractivity contribution in [3.8, 4) is 0 Å². The van der Waals surface area contributed by atoms with Gasteiger partial charge in [-0.15, -0.1) is 0 Å². The summed E-state index contributed by atoms with van der Waals surface area (Å²) in [5.74, 6) is 0. The van der Waals surface area contributed by atoms with Gasteiger partial charge in [-0.3, -0.25) is 0 Å². The van der Waals surface area contributed by atoms with E-state index in [-0.39, 0.29) is 12.1 Å². The van der Waals surface area contributed by atoms with Crippen LogP contribution in [0.25, 0.3) is 0 Å². The molecule has 0 aliphatic carbocycles. The van der Waals surface area contributed by atoms with Gasteiger partial charge in [0.05, 0.1) is 0 Å². The van der Waals surface area contributed by atoms with Crippen molar-refractivity contribution in [1.82, 2.24) is 10.6 Å². The van der Waals surface area contributed by atoms with Crippen LogP contribution in [0.5, 0.6) is 0 Å². The molecule has 0 spiro atoms. The van der Waals surface area contributed by atoms with E-state index < -0.39 is 0 Å². The zero-order valence-electron chi connectivity index (χ0n) is 8.42. The van der Waals surface area contributed by atoms with Gasteiger partial charge in [0.25, 0.3) is 0 Å². The second kappa shape index (κ2) is 8.40. The Hall–Kier alpha value is -0.200. The van der Waals surface area contributed by atoms with Gasteiger partial charge in [-0.2, -0.15) is 0 Å². The smallest absolute Gasteiger partial charge is 0.0342 e. The van der Waals surface area contributed by atoms with E-state index in [0.717, 1.165) is 19.6 Å². The Morgan fingerprint density at radius 2 is 1.77 bits per heavy atom. The Morgan fingerprint density at radius 1 is 1.15 bits per heavy atom. The molecule has 0 radical (unpaired) electrons. The molecule has 0 bridgehead atoms. The molecule has 80 valence electrons. The lowest BCUT2D eigenvalue weighted by atomic mass is 10.1. The van der Waals surface area contributed by atoms with Gasteiger partial charge in [-0.1, -0.05) is 0 Å². The molecule has 2 atom stereocenters. The normalized spacial score (nSPS) is 15.7. The van der Waals surface area contributed by atoms with E-state index in [1.54, 1.807) is 0 Å². The van der Waals surface area contributed by atoms with Crippen LogP contribution in [0.1, 0.15) is 6.92 Å². The van der Waals surface area contributed by atoms with Gasteiger partial charge in [0, 0.05) is 44.8 Å². The predicted octanol–water partition coefficient (Wildman–Crippen LogP) is -2.20. The summed E-state index contributed by atoms with van der Waals surface area (Å²) in [6, 6.07) is 0.395. The van der Waals surface area contributed by atoms with Gasteiger partial charge in [0.2, 0.25) is 0 Å². The Balaban J connectivity index is 3.54. The van der Waals surface area contributed by atoms with Crippen LogP contribution in [0.2, 0.25) is 0 Å². The summed E-state index contributed by atoms with van der Waals surface area (Å²) in [6.07, 6.45) is 0. The van der Waals surface area contributed by atoms with Crippen molar-refractivity contribution in [2.75, 3.05) is 32.7 Å². The molecule has 0 fully saturated rings. The van der Waals surface area contributed by atoms with Crippen molar-refractivity contribution in [3.05, 3.63) is 0 Å². The van der Waals surface area contributed by atoms with Crippen LogP contribution in [0.4, 0.5) is 0 Å². The van der Waals surface area contributed by atoms with E-state index in [9.17, 15) is 0 Å². The van der Waals surface area contributed by atoms with Gasteiger partial charge in [0.15, 0.2) is 0 Å². The molecule has 13 heavy (non-hydrogen) atoms. The third kappa shape index (κ3) is 6.92. The monoisotopic (exact) mass is 189 g/mol. The molecule has 0 amide bonds. The maximum absolute atomic E-state index is 5.79. The summed E-state index contributed by atoms with van der Waals surface area (Å²) >= 11 is 0. The van der Waals surface area contributed by atoms with Crippen LogP contribution in [-0.4, -0.2) is 44.8 Å². The molecule has 5 nitrogen and oxygen atoms in total. The van der Waals surface area contributed by atoms with Crippen LogP contribution < -0.4 is 27.8 Å². The van der Waals surface area contributed by atoms with E-state index in [1.807, 2.05) is 6.92 Å². The van der Waals surface area contributed by atoms with Crippen LogP contribution >= 0.6 is 0 Å². The molecular weight excluding hydrogens is 166 g/mol. The first-order chi connectivity index (χ1) is 6.22. The SMILES string of the molecule is CC(N)C(CNCCN)NCCN. The van der Waals surface area contributed by atoms with Crippen molar-refractivity contribution in [2.24, 2.45) is 17.2 Å². The van der Waals surface area contributed by atoms with Gasteiger partial charge in [-0.05, 0) is 6.92 Å². The summed E-state index contributed by atoms with van der Waals surface area (Å²) in [4.78, 5) is 0. The predicted molar refractivity (Wildman–Crippen MR) is 56.4 cm³/mol. The second-order valence-electron chi connectivity index (χ2n) is 3.20. The Labute approximate surface area is 80.4 Å². The quantitative estimate of drug-likeness (QED) is 0.279. The number of nitrogens with one attached hydrogen (secondary N) is 2. The van der Waals surface area contributed by atoms with Gasteiger partial charge in [-0.25, -0.2) is 0 Å². The van der Waals surface area contributed by atoms with Crippen molar-refractivity contribution >= 4 is 0 Å². The van der Waals surface area contributed by atoms with Gasteiger partial charge in [0.1, 0.15) is 0 Å². The van der Waals surface area contributed by atoms with E-state index in [4.69, 9.17) is 17.2 Å². The fraction of sp³-hybridized carbons (Fsp3) is 1.00. The number of rotatable bonds is 8. The highest BCUT2D eigenvalue weighted by Crippen LogP contribution is 1.86. The Morgan fingerprint density at radius 3 is 2.23 bits per heavy atom. The first-order valence-corrected chi connectivity index (χ1v) is 4.82. The first-order valence-electron chi connectivity index (χ1n) is 4.82. The lowest BCUT2D eigenvalue weighted by Gasteiger charge is -2.22. The molecule has 0 aromatic rings. The minimum absolute atomic E-state index is 0.122. The highest BCUT2D eigenvalue weighted by Gasteiger charge is 2.11. The average molecular weight is 189 g/mol. The molecule has 0 aliphatic rings. The van der Waals surface area contributed by atoms with Gasteiger partial charge < -0.3 is 27.8 Å². The standard InChI is InChI=1S/C8H23N5/c1-7(11)8(13-5-3-10)6-12-4-2-9/h7-8,12-13H,2-6,9-11H2,1H3. The van der Waals surface area contributed by atoms with E-state index >= 15 is 0 Å². The minimum atomic E-state index is 0.122. The van der Waals surface area contributed by atoms with Crippen LogP contribution in [0.15, 0.2) is 0 Å². The van der Waals surface area contributed by atoms with E-state index in [0.29, 0.717) is 13.1 Å². The van der Waals surface area contributed by atoms with E-state index in [1.165, 1.54) is 0 Å². The maximum atomic E-state index is 5.79. The number of hydrogen-bond donors (Lipinski definition) is 5. The summed E-state index contributed by atoms with van der Waals surface area (Å²) in [7, 11) is 0. The molecule has 0 heterocycles. The highest BCUT2D eigenvalue weighted by atomic mass is 15.0. The molecule has 0 aliphatic heterocycles. The summed E-state index contributed by atoms with van der Waals surface area (Å²) < 4.78 is 0. The van der Waals surface area contributed by atoms with E-state index in [2.05, 4.69) is 10.6 Å². The summed E-state index contributed by atoms with van der Waals surface area (Å²) in [5.41, 5.74) is 16.5. The molecule has 8 N–H and O–H groups in total. The van der Waals surface area contributed by atoms with Crippen LogP contribution in [0.3, 0.4) is 0 Å². The van der Waals surface area contributed by atoms with Crippen LogP contribution in [0, 0.1) is 0 Å². The topological polar surface area (TPSA) is 102 Å². The summed E-state index contributed by atoms with van der Waals surface area (Å²) in [5, 5.41) is 6.49. The zero-order chi connectivity index (χ0) is 10.1. The molecular formula is C8H23N5. The summed E-state index contributed by atoms with van der Waals surface area (Å²) in [6.45, 7) is 5.75. The maximum Gasteiger partial charge on any atom is 0.0342 e. The number of nitrogens with two attached hydrogens (primary N) is 3. The largest absolute Gasteiger partial charge is 0.329 e. The average Bonchev–Trinajstić information content (AvgIpc) is 2.10. The molecule has 0 rings (SSSR count). The lowest BCUT2D eigenvalue weighted by molar-refractivity contribution is 0.427. The minimum Gasteiger partial charge on any atom is -0.329 e.